The van der Waals surface area contributed by atoms with Crippen LogP contribution in [0.1, 0.15) is 46.5 Å². The highest BCUT2D eigenvalue weighted by atomic mass is 15.3. The van der Waals surface area contributed by atoms with Gasteiger partial charge in [-0.1, -0.05) is 20.8 Å². The first kappa shape index (κ1) is 16.3. The van der Waals surface area contributed by atoms with Crippen molar-refractivity contribution in [2.45, 2.75) is 58.5 Å². The molecule has 1 saturated carbocycles. The summed E-state index contributed by atoms with van der Waals surface area (Å²) >= 11 is 0. The molecule has 0 aromatic rings. The summed E-state index contributed by atoms with van der Waals surface area (Å²) < 4.78 is 0. The minimum atomic E-state index is 0.536. The zero-order valence-corrected chi connectivity index (χ0v) is 14.3. The van der Waals surface area contributed by atoms with Gasteiger partial charge >= 0.3 is 0 Å². The largest absolute Gasteiger partial charge is 0.317 e. The van der Waals surface area contributed by atoms with Gasteiger partial charge in [-0.15, -0.1) is 0 Å². The maximum Gasteiger partial charge on any atom is 0.0218 e. The third-order valence-electron chi connectivity index (χ3n) is 5.71. The number of nitrogens with zero attached hydrogens (tertiary/aromatic N) is 2. The molecule has 2 rings (SSSR count). The highest BCUT2D eigenvalue weighted by molar-refractivity contribution is 4.91. The molecule has 0 aromatic heterocycles. The molecule has 1 aliphatic carbocycles. The average molecular weight is 281 g/mol. The van der Waals surface area contributed by atoms with Crippen LogP contribution in [0, 0.1) is 11.3 Å². The van der Waals surface area contributed by atoms with E-state index in [4.69, 9.17) is 0 Å². The molecule has 0 bridgehead atoms. The van der Waals surface area contributed by atoms with Crippen LogP contribution in [0.15, 0.2) is 0 Å². The first-order valence-corrected chi connectivity index (χ1v) is 8.55. The number of nitrogens with one attached hydrogen (secondary N) is 1. The fraction of sp³-hybridized carbons (Fsp3) is 1.00. The van der Waals surface area contributed by atoms with Gasteiger partial charge in [0.15, 0.2) is 0 Å². The molecule has 20 heavy (non-hydrogen) atoms. The Kier molecular flexibility index (Phi) is 5.49. The Morgan fingerprint density at radius 1 is 1.25 bits per heavy atom. The SMILES string of the molecule is CCC1CN(CC2CC(C)(C)CCC2NC)CCN1C. The molecular formula is C17H35N3. The van der Waals surface area contributed by atoms with Crippen molar-refractivity contribution < 1.29 is 0 Å². The second-order valence-electron chi connectivity index (χ2n) is 7.86. The molecule has 3 heteroatoms. The van der Waals surface area contributed by atoms with E-state index in [1.807, 2.05) is 0 Å². The molecule has 0 radical (unpaired) electrons. The van der Waals surface area contributed by atoms with Crippen LogP contribution in [0.5, 0.6) is 0 Å². The van der Waals surface area contributed by atoms with Crippen molar-refractivity contribution in [2.75, 3.05) is 40.3 Å². The number of rotatable bonds is 4. The summed E-state index contributed by atoms with van der Waals surface area (Å²) in [7, 11) is 4.43. The molecule has 3 nitrogen and oxygen atoms in total. The van der Waals surface area contributed by atoms with Gasteiger partial charge in [-0.05, 0) is 51.1 Å². The van der Waals surface area contributed by atoms with E-state index in [-0.39, 0.29) is 0 Å². The lowest BCUT2D eigenvalue weighted by Crippen LogP contribution is -2.54. The molecule has 0 aromatic carbocycles. The minimum Gasteiger partial charge on any atom is -0.317 e. The van der Waals surface area contributed by atoms with E-state index in [1.54, 1.807) is 0 Å². The van der Waals surface area contributed by atoms with E-state index >= 15 is 0 Å². The van der Waals surface area contributed by atoms with Gasteiger partial charge in [-0.3, -0.25) is 0 Å². The third-order valence-corrected chi connectivity index (χ3v) is 5.71. The van der Waals surface area contributed by atoms with Crippen molar-refractivity contribution in [2.24, 2.45) is 11.3 Å². The number of hydrogen-bond donors (Lipinski definition) is 1. The predicted molar refractivity (Wildman–Crippen MR) is 87.1 cm³/mol. The van der Waals surface area contributed by atoms with E-state index in [1.165, 1.54) is 51.9 Å². The summed E-state index contributed by atoms with van der Waals surface area (Å²) in [5.41, 5.74) is 0.536. The Labute approximate surface area is 126 Å². The third kappa shape index (κ3) is 3.96. The molecule has 1 heterocycles. The van der Waals surface area contributed by atoms with Crippen molar-refractivity contribution in [3.05, 3.63) is 0 Å². The molecule has 2 fully saturated rings. The Hall–Kier alpha value is -0.120. The maximum atomic E-state index is 3.58. The van der Waals surface area contributed by atoms with Crippen LogP contribution in [0.3, 0.4) is 0 Å². The van der Waals surface area contributed by atoms with Crippen LogP contribution >= 0.6 is 0 Å². The average Bonchev–Trinajstić information content (AvgIpc) is 2.40. The van der Waals surface area contributed by atoms with Crippen molar-refractivity contribution in [3.63, 3.8) is 0 Å². The van der Waals surface area contributed by atoms with Crippen molar-refractivity contribution in [3.8, 4) is 0 Å². The second-order valence-corrected chi connectivity index (χ2v) is 7.86. The van der Waals surface area contributed by atoms with Gasteiger partial charge in [-0.2, -0.15) is 0 Å². The maximum absolute atomic E-state index is 3.58. The van der Waals surface area contributed by atoms with Crippen LogP contribution in [0.25, 0.3) is 0 Å². The Balaban J connectivity index is 1.93. The minimum absolute atomic E-state index is 0.536. The van der Waals surface area contributed by atoms with Crippen LogP contribution in [-0.4, -0.2) is 62.2 Å². The Morgan fingerprint density at radius 2 is 2.00 bits per heavy atom. The highest BCUT2D eigenvalue weighted by Gasteiger charge is 2.35. The number of likely N-dealkylation sites (N-methyl/N-ethyl adjacent to an activating group) is 1. The van der Waals surface area contributed by atoms with Crippen molar-refractivity contribution in [1.29, 1.82) is 0 Å². The van der Waals surface area contributed by atoms with Gasteiger partial charge < -0.3 is 15.1 Å². The van der Waals surface area contributed by atoms with Crippen LogP contribution in [-0.2, 0) is 0 Å². The fourth-order valence-electron chi connectivity index (χ4n) is 4.26. The molecule has 2 aliphatic rings. The molecular weight excluding hydrogens is 246 g/mol. The molecule has 1 aliphatic heterocycles. The van der Waals surface area contributed by atoms with Gasteiger partial charge in [0.2, 0.25) is 0 Å². The molecule has 1 N–H and O–H groups in total. The molecule has 3 atom stereocenters. The van der Waals surface area contributed by atoms with Gasteiger partial charge in [0.25, 0.3) is 0 Å². The number of piperazine rings is 1. The quantitative estimate of drug-likeness (QED) is 0.854. The van der Waals surface area contributed by atoms with Crippen LogP contribution in [0.2, 0.25) is 0 Å². The summed E-state index contributed by atoms with van der Waals surface area (Å²) in [5.74, 6) is 0.824. The summed E-state index contributed by atoms with van der Waals surface area (Å²) in [4.78, 5) is 5.27. The molecule has 1 saturated heterocycles. The first-order chi connectivity index (χ1) is 9.45. The zero-order chi connectivity index (χ0) is 14.8. The van der Waals surface area contributed by atoms with Gasteiger partial charge in [0.05, 0.1) is 0 Å². The van der Waals surface area contributed by atoms with Crippen LogP contribution in [0.4, 0.5) is 0 Å². The monoisotopic (exact) mass is 281 g/mol. The lowest BCUT2D eigenvalue weighted by molar-refractivity contribution is 0.0517. The van der Waals surface area contributed by atoms with E-state index in [9.17, 15) is 0 Å². The Bertz CT molecular complexity index is 303. The normalized spacial score (nSPS) is 36.1. The predicted octanol–water partition coefficient (Wildman–Crippen LogP) is 2.43. The highest BCUT2D eigenvalue weighted by Crippen LogP contribution is 2.39. The lowest BCUT2D eigenvalue weighted by atomic mass is 9.69. The topological polar surface area (TPSA) is 18.5 Å². The lowest BCUT2D eigenvalue weighted by Gasteiger charge is -2.45. The number of hydrogen-bond acceptors (Lipinski definition) is 3. The standard InChI is InChI=1S/C17H35N3/c1-6-15-13-20(10-9-19(15)5)12-14-11-17(2,3)8-7-16(14)18-4/h14-16,18H,6-13H2,1-5H3. The molecule has 118 valence electrons. The second kappa shape index (κ2) is 6.76. The smallest absolute Gasteiger partial charge is 0.0218 e. The Morgan fingerprint density at radius 3 is 2.65 bits per heavy atom. The van der Waals surface area contributed by atoms with E-state index in [0.717, 1.165) is 18.0 Å². The first-order valence-electron chi connectivity index (χ1n) is 8.55. The van der Waals surface area contributed by atoms with E-state index in [2.05, 4.69) is 50.0 Å². The summed E-state index contributed by atoms with van der Waals surface area (Å²) in [5, 5.41) is 3.58. The summed E-state index contributed by atoms with van der Waals surface area (Å²) in [6.45, 7) is 12.3. The van der Waals surface area contributed by atoms with Crippen LogP contribution < -0.4 is 5.32 Å². The summed E-state index contributed by atoms with van der Waals surface area (Å²) in [6, 6.07) is 1.48. The molecule has 3 unspecified atom stereocenters. The fourth-order valence-corrected chi connectivity index (χ4v) is 4.26. The van der Waals surface area contributed by atoms with Gasteiger partial charge in [0.1, 0.15) is 0 Å². The van der Waals surface area contributed by atoms with Gasteiger partial charge in [-0.25, -0.2) is 0 Å². The zero-order valence-electron chi connectivity index (χ0n) is 14.3. The molecule has 0 spiro atoms. The molecule has 0 amide bonds. The summed E-state index contributed by atoms with van der Waals surface area (Å²) in [6.07, 6.45) is 5.37. The van der Waals surface area contributed by atoms with Crippen molar-refractivity contribution >= 4 is 0 Å². The van der Waals surface area contributed by atoms with Crippen molar-refractivity contribution in [1.82, 2.24) is 15.1 Å². The van der Waals surface area contributed by atoms with Gasteiger partial charge in [0, 0.05) is 38.3 Å². The van der Waals surface area contributed by atoms with E-state index in [0.29, 0.717) is 5.41 Å². The van der Waals surface area contributed by atoms with E-state index < -0.39 is 0 Å².